The molecule has 0 radical (unpaired) electrons. The largest absolute Gasteiger partial charge is 0.496 e. The normalized spacial score (nSPS) is 11.2. The van der Waals surface area contributed by atoms with Gasteiger partial charge in [-0.1, -0.05) is 6.07 Å². The van der Waals surface area contributed by atoms with Crippen molar-refractivity contribution in [3.05, 3.63) is 53.3 Å². The Morgan fingerprint density at radius 3 is 2.67 bits per heavy atom. The number of hydrogen-bond donors (Lipinski definition) is 1. The Kier molecular flexibility index (Phi) is 7.28. The Balaban J connectivity index is 2.16. The molecule has 7 heteroatoms. The summed E-state index contributed by atoms with van der Waals surface area (Å²) in [5, 5.41) is 3.31. The second-order valence-electron chi connectivity index (χ2n) is 6.16. The van der Waals surface area contributed by atoms with Crippen LogP contribution in [0.4, 0.5) is 0 Å². The van der Waals surface area contributed by atoms with E-state index in [1.807, 2.05) is 45.4 Å². The molecule has 0 fully saturated rings. The molecule has 0 amide bonds. The van der Waals surface area contributed by atoms with Crippen LogP contribution in [0.25, 0.3) is 0 Å². The van der Waals surface area contributed by atoms with Gasteiger partial charge in [0.25, 0.3) is 0 Å². The van der Waals surface area contributed by atoms with Crippen LogP contribution in [0.2, 0.25) is 0 Å². The van der Waals surface area contributed by atoms with Gasteiger partial charge in [-0.05, 0) is 36.8 Å². The lowest BCUT2D eigenvalue weighted by atomic mass is 10.1. The summed E-state index contributed by atoms with van der Waals surface area (Å²) < 4.78 is 12.2. The van der Waals surface area contributed by atoms with E-state index in [-0.39, 0.29) is 0 Å². The van der Waals surface area contributed by atoms with Gasteiger partial charge in [-0.25, -0.2) is 9.79 Å². The number of hydrogen-bond acceptors (Lipinski definition) is 4. The second-order valence-corrected chi connectivity index (χ2v) is 6.16. The molecule has 2 rings (SSSR count). The highest BCUT2D eigenvalue weighted by molar-refractivity contribution is 5.92. The molecule has 27 heavy (non-hydrogen) atoms. The summed E-state index contributed by atoms with van der Waals surface area (Å²) in [7, 11) is 6.93. The van der Waals surface area contributed by atoms with Crippen molar-refractivity contribution in [1.82, 2.24) is 14.8 Å². The van der Waals surface area contributed by atoms with Crippen LogP contribution in [0, 0.1) is 0 Å². The highest BCUT2D eigenvalue weighted by atomic mass is 16.5. The summed E-state index contributed by atoms with van der Waals surface area (Å²) in [5.74, 6) is 0.879. The van der Waals surface area contributed by atoms with E-state index in [0.717, 1.165) is 24.6 Å². The number of rotatable bonds is 7. The number of aliphatic imine (C=N–C) groups is 1. The summed E-state index contributed by atoms with van der Waals surface area (Å²) in [5.41, 5.74) is 2.55. The van der Waals surface area contributed by atoms with E-state index >= 15 is 0 Å². The standard InChI is InChI=1S/C20H28N4O3/c1-6-21-20(24(3)14-16-8-7-11-23(16)2)22-13-15-9-10-17(19(25)27-5)18(12-15)26-4/h7-12H,6,13-14H2,1-5H3,(H,21,22). The van der Waals surface area contributed by atoms with Crippen LogP contribution in [0.1, 0.15) is 28.5 Å². The van der Waals surface area contributed by atoms with E-state index in [9.17, 15) is 4.79 Å². The van der Waals surface area contributed by atoms with Crippen molar-refractivity contribution < 1.29 is 14.3 Å². The van der Waals surface area contributed by atoms with E-state index in [0.29, 0.717) is 17.9 Å². The number of nitrogens with one attached hydrogen (secondary N) is 1. The van der Waals surface area contributed by atoms with Crippen molar-refractivity contribution in [1.29, 1.82) is 0 Å². The first kappa shape index (κ1) is 20.4. The third kappa shape index (κ3) is 5.26. The molecule has 1 aromatic carbocycles. The molecule has 1 aromatic heterocycles. The van der Waals surface area contributed by atoms with Gasteiger partial charge in [0.05, 0.1) is 27.3 Å². The van der Waals surface area contributed by atoms with E-state index in [1.54, 1.807) is 6.07 Å². The average molecular weight is 372 g/mol. The molecule has 0 aliphatic heterocycles. The summed E-state index contributed by atoms with van der Waals surface area (Å²) in [4.78, 5) is 18.6. The van der Waals surface area contributed by atoms with Crippen molar-refractivity contribution in [2.24, 2.45) is 12.0 Å². The predicted octanol–water partition coefficient (Wildman–Crippen LogP) is 2.42. The fraction of sp³-hybridized carbons (Fsp3) is 0.400. The highest BCUT2D eigenvalue weighted by Gasteiger charge is 2.13. The van der Waals surface area contributed by atoms with Gasteiger partial charge in [-0.15, -0.1) is 0 Å². The lowest BCUT2D eigenvalue weighted by Gasteiger charge is -2.22. The van der Waals surface area contributed by atoms with Crippen LogP contribution in [0.15, 0.2) is 41.5 Å². The molecule has 0 aliphatic carbocycles. The number of benzene rings is 1. The Bertz CT molecular complexity index is 798. The fourth-order valence-corrected chi connectivity index (χ4v) is 2.73. The Hall–Kier alpha value is -2.96. The van der Waals surface area contributed by atoms with Gasteiger partial charge in [-0.3, -0.25) is 0 Å². The van der Waals surface area contributed by atoms with E-state index in [4.69, 9.17) is 14.5 Å². The van der Waals surface area contributed by atoms with Crippen LogP contribution in [-0.2, 0) is 24.9 Å². The minimum Gasteiger partial charge on any atom is -0.496 e. The van der Waals surface area contributed by atoms with Gasteiger partial charge < -0.3 is 24.3 Å². The first-order valence-corrected chi connectivity index (χ1v) is 8.85. The number of esters is 1. The third-order valence-corrected chi connectivity index (χ3v) is 4.23. The summed E-state index contributed by atoms with van der Waals surface area (Å²) >= 11 is 0. The molecule has 1 heterocycles. The van der Waals surface area contributed by atoms with Gasteiger partial charge in [0.2, 0.25) is 0 Å². The molecular weight excluding hydrogens is 344 g/mol. The minimum atomic E-state index is -0.419. The number of guanidine groups is 1. The molecule has 0 bridgehead atoms. The monoisotopic (exact) mass is 372 g/mol. The fourth-order valence-electron chi connectivity index (χ4n) is 2.73. The molecular formula is C20H28N4O3. The molecule has 0 saturated heterocycles. The lowest BCUT2D eigenvalue weighted by Crippen LogP contribution is -2.38. The van der Waals surface area contributed by atoms with Crippen molar-refractivity contribution in [3.8, 4) is 5.75 Å². The summed E-state index contributed by atoms with van der Waals surface area (Å²) in [6, 6.07) is 9.50. The van der Waals surface area contributed by atoms with Crippen LogP contribution in [0.3, 0.4) is 0 Å². The summed E-state index contributed by atoms with van der Waals surface area (Å²) in [6.45, 7) is 4.04. The molecule has 0 unspecified atom stereocenters. The molecule has 1 N–H and O–H groups in total. The van der Waals surface area contributed by atoms with Crippen LogP contribution < -0.4 is 10.1 Å². The maximum absolute atomic E-state index is 11.8. The molecule has 0 saturated carbocycles. The summed E-state index contributed by atoms with van der Waals surface area (Å²) in [6.07, 6.45) is 2.03. The van der Waals surface area contributed by atoms with Crippen molar-refractivity contribution in [2.75, 3.05) is 27.8 Å². The number of carbonyl (C=O) groups excluding carboxylic acids is 1. The number of nitrogens with zero attached hydrogens (tertiary/aromatic N) is 3. The molecule has 146 valence electrons. The minimum absolute atomic E-state index is 0.403. The van der Waals surface area contributed by atoms with Crippen LogP contribution in [0.5, 0.6) is 5.75 Å². The lowest BCUT2D eigenvalue weighted by molar-refractivity contribution is 0.0597. The Morgan fingerprint density at radius 2 is 2.07 bits per heavy atom. The molecule has 0 aliphatic rings. The molecule has 0 atom stereocenters. The molecule has 0 spiro atoms. The van der Waals surface area contributed by atoms with Crippen molar-refractivity contribution >= 4 is 11.9 Å². The number of carbonyl (C=O) groups is 1. The number of aromatic nitrogens is 1. The number of aryl methyl sites for hydroxylation is 1. The van der Waals surface area contributed by atoms with Crippen LogP contribution >= 0.6 is 0 Å². The quantitative estimate of drug-likeness (QED) is 0.459. The van der Waals surface area contributed by atoms with Gasteiger partial charge in [0.1, 0.15) is 11.3 Å². The zero-order chi connectivity index (χ0) is 19.8. The molecule has 7 nitrogen and oxygen atoms in total. The smallest absolute Gasteiger partial charge is 0.341 e. The van der Waals surface area contributed by atoms with Crippen LogP contribution in [-0.4, -0.2) is 49.2 Å². The van der Waals surface area contributed by atoms with E-state index in [2.05, 4.69) is 20.9 Å². The van der Waals surface area contributed by atoms with Gasteiger partial charge >= 0.3 is 5.97 Å². The zero-order valence-corrected chi connectivity index (χ0v) is 16.7. The Labute approximate surface area is 160 Å². The maximum Gasteiger partial charge on any atom is 0.341 e. The van der Waals surface area contributed by atoms with E-state index in [1.165, 1.54) is 19.9 Å². The number of ether oxygens (including phenoxy) is 2. The number of methoxy groups -OCH3 is 2. The van der Waals surface area contributed by atoms with E-state index < -0.39 is 5.97 Å². The predicted molar refractivity (Wildman–Crippen MR) is 106 cm³/mol. The first-order chi connectivity index (χ1) is 13.0. The van der Waals surface area contributed by atoms with Gasteiger partial charge in [0.15, 0.2) is 5.96 Å². The second kappa shape index (κ2) is 9.66. The topological polar surface area (TPSA) is 68.1 Å². The molecule has 2 aromatic rings. The SMILES string of the molecule is CCNC(=NCc1ccc(C(=O)OC)c(OC)c1)N(C)Cc1cccn1C. The third-order valence-electron chi connectivity index (χ3n) is 4.23. The van der Waals surface area contributed by atoms with Crippen molar-refractivity contribution in [3.63, 3.8) is 0 Å². The van der Waals surface area contributed by atoms with Gasteiger partial charge in [-0.2, -0.15) is 0 Å². The highest BCUT2D eigenvalue weighted by Crippen LogP contribution is 2.21. The maximum atomic E-state index is 11.8. The van der Waals surface area contributed by atoms with Gasteiger partial charge in [0, 0.05) is 32.5 Å². The van der Waals surface area contributed by atoms with Crippen molar-refractivity contribution in [2.45, 2.75) is 20.0 Å². The Morgan fingerprint density at radius 1 is 1.30 bits per heavy atom. The average Bonchev–Trinajstić information content (AvgIpc) is 3.08. The first-order valence-electron chi connectivity index (χ1n) is 8.85. The zero-order valence-electron chi connectivity index (χ0n) is 16.7.